The van der Waals surface area contributed by atoms with E-state index in [1.807, 2.05) is 0 Å². The number of aliphatic hydroxyl groups excluding tert-OH is 2. The lowest BCUT2D eigenvalue weighted by Gasteiger charge is -2.12. The normalized spacial score (nSPS) is 16.0. The molecule has 4 heteroatoms. The third-order valence-electron chi connectivity index (χ3n) is 1.40. The molecule has 0 amide bonds. The van der Waals surface area contributed by atoms with Crippen LogP contribution in [-0.2, 0) is 9.47 Å². The topological polar surface area (TPSA) is 58.9 Å². The number of aliphatic hydroxyl groups is 2. The van der Waals surface area contributed by atoms with Crippen molar-refractivity contribution in [2.75, 3.05) is 26.4 Å². The third kappa shape index (κ3) is 6.54. The van der Waals surface area contributed by atoms with Gasteiger partial charge in [-0.1, -0.05) is 0 Å². The number of hydrogen-bond donors (Lipinski definition) is 2. The van der Waals surface area contributed by atoms with E-state index >= 15 is 0 Å². The van der Waals surface area contributed by atoms with Crippen LogP contribution in [-0.4, -0.2) is 48.8 Å². The van der Waals surface area contributed by atoms with E-state index < -0.39 is 0 Å². The number of ether oxygens (including phenoxy) is 2. The minimum absolute atomic E-state index is 0.0234. The minimum atomic E-state index is -0.141. The molecule has 2 atom stereocenters. The average molecular weight is 178 g/mol. The van der Waals surface area contributed by atoms with Crippen LogP contribution in [0.25, 0.3) is 0 Å². The van der Waals surface area contributed by atoms with Gasteiger partial charge in [-0.25, -0.2) is 0 Å². The van der Waals surface area contributed by atoms with E-state index in [0.717, 1.165) is 0 Å². The van der Waals surface area contributed by atoms with Crippen molar-refractivity contribution < 1.29 is 19.7 Å². The fraction of sp³-hybridized carbons (Fsp3) is 1.00. The Balaban J connectivity index is 3.10. The molecule has 0 spiro atoms. The predicted molar refractivity (Wildman–Crippen MR) is 45.0 cm³/mol. The first-order valence-corrected chi connectivity index (χ1v) is 4.15. The maximum atomic E-state index is 8.58. The van der Waals surface area contributed by atoms with Crippen LogP contribution in [0, 0.1) is 0 Å². The van der Waals surface area contributed by atoms with Gasteiger partial charge in [-0.05, 0) is 13.8 Å². The molecule has 0 rings (SSSR count). The Bertz CT molecular complexity index is 85.1. The highest BCUT2D eigenvalue weighted by Gasteiger charge is 2.01. The zero-order valence-corrected chi connectivity index (χ0v) is 7.69. The standard InChI is InChI=1S/C8H18O4/c1-7(5-9)11-3-4-12-8(2)6-10/h7-10H,3-6H2,1-2H3. The summed E-state index contributed by atoms with van der Waals surface area (Å²) < 4.78 is 10.3. The van der Waals surface area contributed by atoms with Gasteiger partial charge in [0.2, 0.25) is 0 Å². The molecule has 0 fully saturated rings. The van der Waals surface area contributed by atoms with Crippen molar-refractivity contribution in [3.8, 4) is 0 Å². The summed E-state index contributed by atoms with van der Waals surface area (Å²) in [4.78, 5) is 0. The lowest BCUT2D eigenvalue weighted by atomic mass is 10.4. The van der Waals surface area contributed by atoms with Crippen molar-refractivity contribution in [2.24, 2.45) is 0 Å². The Morgan fingerprint density at radius 3 is 1.50 bits per heavy atom. The summed E-state index contributed by atoms with van der Waals surface area (Å²) in [6, 6.07) is 0. The van der Waals surface area contributed by atoms with E-state index in [9.17, 15) is 0 Å². The Morgan fingerprint density at radius 1 is 0.917 bits per heavy atom. The van der Waals surface area contributed by atoms with Crippen molar-refractivity contribution in [3.05, 3.63) is 0 Å². The highest BCUT2D eigenvalue weighted by atomic mass is 16.5. The monoisotopic (exact) mass is 178 g/mol. The highest BCUT2D eigenvalue weighted by molar-refractivity contribution is 4.46. The molecule has 4 nitrogen and oxygen atoms in total. The molecule has 74 valence electrons. The summed E-state index contributed by atoms with van der Waals surface area (Å²) in [6.45, 7) is 4.52. The van der Waals surface area contributed by atoms with Crippen LogP contribution in [0.3, 0.4) is 0 Å². The van der Waals surface area contributed by atoms with E-state index in [2.05, 4.69) is 0 Å². The van der Waals surface area contributed by atoms with E-state index in [1.165, 1.54) is 0 Å². The van der Waals surface area contributed by atoms with E-state index in [4.69, 9.17) is 19.7 Å². The van der Waals surface area contributed by atoms with Gasteiger partial charge in [0, 0.05) is 0 Å². The molecule has 0 aromatic heterocycles. The van der Waals surface area contributed by atoms with Gasteiger partial charge in [-0.3, -0.25) is 0 Å². The van der Waals surface area contributed by atoms with Gasteiger partial charge in [-0.2, -0.15) is 0 Å². The summed E-state index contributed by atoms with van der Waals surface area (Å²) in [7, 11) is 0. The van der Waals surface area contributed by atoms with Gasteiger partial charge in [0.1, 0.15) is 0 Å². The average Bonchev–Trinajstić information content (AvgIpc) is 2.11. The van der Waals surface area contributed by atoms with Crippen LogP contribution < -0.4 is 0 Å². The molecule has 0 aliphatic heterocycles. The Hall–Kier alpha value is -0.160. The first-order chi connectivity index (χ1) is 5.70. The number of rotatable bonds is 7. The van der Waals surface area contributed by atoms with Crippen LogP contribution in [0.2, 0.25) is 0 Å². The Kier molecular flexibility index (Phi) is 7.39. The molecule has 0 aromatic carbocycles. The van der Waals surface area contributed by atoms with Gasteiger partial charge in [-0.15, -0.1) is 0 Å². The van der Waals surface area contributed by atoms with E-state index in [-0.39, 0.29) is 25.4 Å². The molecule has 0 heterocycles. The van der Waals surface area contributed by atoms with Crippen LogP contribution in [0.4, 0.5) is 0 Å². The van der Waals surface area contributed by atoms with Crippen LogP contribution in [0.5, 0.6) is 0 Å². The fourth-order valence-electron chi connectivity index (χ4n) is 0.604. The van der Waals surface area contributed by atoms with Crippen LogP contribution in [0.1, 0.15) is 13.8 Å². The van der Waals surface area contributed by atoms with Gasteiger partial charge < -0.3 is 19.7 Å². The zero-order chi connectivity index (χ0) is 9.40. The van der Waals surface area contributed by atoms with Gasteiger partial charge in [0.15, 0.2) is 0 Å². The van der Waals surface area contributed by atoms with Crippen LogP contribution >= 0.6 is 0 Å². The molecule has 0 aliphatic carbocycles. The lowest BCUT2D eigenvalue weighted by molar-refractivity contribution is -0.0387. The van der Waals surface area contributed by atoms with E-state index in [0.29, 0.717) is 13.2 Å². The van der Waals surface area contributed by atoms with Crippen molar-refractivity contribution in [2.45, 2.75) is 26.1 Å². The zero-order valence-electron chi connectivity index (χ0n) is 7.69. The molecule has 0 saturated carbocycles. The summed E-state index contributed by atoms with van der Waals surface area (Å²) in [6.07, 6.45) is -0.281. The molecular formula is C8H18O4. The quantitative estimate of drug-likeness (QED) is 0.529. The minimum Gasteiger partial charge on any atom is -0.394 e. The summed E-state index contributed by atoms with van der Waals surface area (Å²) >= 11 is 0. The third-order valence-corrected chi connectivity index (χ3v) is 1.40. The maximum absolute atomic E-state index is 8.58. The molecule has 2 unspecified atom stereocenters. The summed E-state index contributed by atoms with van der Waals surface area (Å²) in [5.74, 6) is 0. The Labute approximate surface area is 73.1 Å². The van der Waals surface area contributed by atoms with E-state index in [1.54, 1.807) is 13.8 Å². The van der Waals surface area contributed by atoms with Crippen molar-refractivity contribution >= 4 is 0 Å². The van der Waals surface area contributed by atoms with Crippen molar-refractivity contribution in [3.63, 3.8) is 0 Å². The van der Waals surface area contributed by atoms with Crippen molar-refractivity contribution in [1.29, 1.82) is 0 Å². The first-order valence-electron chi connectivity index (χ1n) is 4.15. The lowest BCUT2D eigenvalue weighted by Crippen LogP contribution is -2.20. The van der Waals surface area contributed by atoms with Crippen LogP contribution in [0.15, 0.2) is 0 Å². The second-order valence-corrected chi connectivity index (χ2v) is 2.73. The largest absolute Gasteiger partial charge is 0.394 e. The fourth-order valence-corrected chi connectivity index (χ4v) is 0.604. The molecule has 2 N–H and O–H groups in total. The molecular weight excluding hydrogens is 160 g/mol. The maximum Gasteiger partial charge on any atom is 0.0778 e. The smallest absolute Gasteiger partial charge is 0.0778 e. The van der Waals surface area contributed by atoms with Gasteiger partial charge >= 0.3 is 0 Å². The molecule has 12 heavy (non-hydrogen) atoms. The summed E-state index contributed by atoms with van der Waals surface area (Å²) in [5.41, 5.74) is 0. The first kappa shape index (κ1) is 11.8. The predicted octanol–water partition coefficient (Wildman–Crippen LogP) is -0.219. The second-order valence-electron chi connectivity index (χ2n) is 2.73. The molecule has 0 aliphatic rings. The Morgan fingerprint density at radius 2 is 1.25 bits per heavy atom. The van der Waals surface area contributed by atoms with Gasteiger partial charge in [0.05, 0.1) is 38.6 Å². The van der Waals surface area contributed by atoms with Crippen molar-refractivity contribution in [1.82, 2.24) is 0 Å². The number of hydrogen-bond acceptors (Lipinski definition) is 4. The summed E-state index contributed by atoms with van der Waals surface area (Å²) in [5, 5.41) is 17.2. The van der Waals surface area contributed by atoms with Gasteiger partial charge in [0.25, 0.3) is 0 Å². The molecule has 0 bridgehead atoms. The molecule has 0 saturated heterocycles. The SMILES string of the molecule is CC(CO)OCCOC(C)CO. The second kappa shape index (κ2) is 7.49. The molecule has 0 aromatic rings. The molecule has 0 radical (unpaired) electrons. The highest BCUT2D eigenvalue weighted by Crippen LogP contribution is 1.91.